The summed E-state index contributed by atoms with van der Waals surface area (Å²) in [5.74, 6) is 0.690. The number of rotatable bonds is 5. The molecule has 0 aliphatic rings. The number of carbonyl (C=O) groups is 1. The molecule has 0 aliphatic heterocycles. The monoisotopic (exact) mass is 288 g/mol. The third kappa shape index (κ3) is 3.19. The third-order valence-corrected chi connectivity index (χ3v) is 2.91. The van der Waals surface area contributed by atoms with Crippen LogP contribution in [0.3, 0.4) is 0 Å². The standard InChI is InChI=1S/C16H13ClO3/c1-11(20-13-9-7-12(17)8-10-13)16(18)14-5-3-4-6-15(14)19-2/h3-10H,1H2,2H3. The highest BCUT2D eigenvalue weighted by molar-refractivity contribution is 6.30. The van der Waals surface area contributed by atoms with E-state index >= 15 is 0 Å². The molecule has 0 aromatic heterocycles. The van der Waals surface area contributed by atoms with Gasteiger partial charge in [0.2, 0.25) is 5.78 Å². The Morgan fingerprint density at radius 1 is 1.10 bits per heavy atom. The highest BCUT2D eigenvalue weighted by Crippen LogP contribution is 2.23. The van der Waals surface area contributed by atoms with Crippen molar-refractivity contribution < 1.29 is 14.3 Å². The van der Waals surface area contributed by atoms with Gasteiger partial charge in [0.1, 0.15) is 11.5 Å². The molecular weight excluding hydrogens is 276 g/mol. The number of methoxy groups -OCH3 is 1. The second-order valence-electron chi connectivity index (χ2n) is 4.01. The first-order valence-electron chi connectivity index (χ1n) is 5.92. The van der Waals surface area contributed by atoms with E-state index in [0.29, 0.717) is 22.1 Å². The van der Waals surface area contributed by atoms with Crippen LogP contribution in [0.15, 0.2) is 60.9 Å². The van der Waals surface area contributed by atoms with E-state index in [-0.39, 0.29) is 11.5 Å². The molecule has 0 aliphatic carbocycles. The molecule has 4 heteroatoms. The van der Waals surface area contributed by atoms with Crippen LogP contribution in [-0.4, -0.2) is 12.9 Å². The molecule has 2 aromatic rings. The Kier molecular flexibility index (Phi) is 4.43. The Balaban J connectivity index is 2.16. The Labute approximate surface area is 122 Å². The van der Waals surface area contributed by atoms with Crippen molar-refractivity contribution in [2.45, 2.75) is 0 Å². The second-order valence-corrected chi connectivity index (χ2v) is 4.45. The van der Waals surface area contributed by atoms with Gasteiger partial charge in [0, 0.05) is 5.02 Å². The van der Waals surface area contributed by atoms with Crippen LogP contribution in [0.25, 0.3) is 0 Å². The molecule has 0 unspecified atom stereocenters. The van der Waals surface area contributed by atoms with Gasteiger partial charge >= 0.3 is 0 Å². The molecule has 0 amide bonds. The average Bonchev–Trinajstić information content (AvgIpc) is 2.48. The van der Waals surface area contributed by atoms with Gasteiger partial charge < -0.3 is 9.47 Å². The lowest BCUT2D eigenvalue weighted by molar-refractivity contribution is 0.0984. The van der Waals surface area contributed by atoms with Crippen LogP contribution in [-0.2, 0) is 0 Å². The largest absolute Gasteiger partial charge is 0.496 e. The summed E-state index contributed by atoms with van der Waals surface area (Å²) in [6.45, 7) is 3.66. The van der Waals surface area contributed by atoms with E-state index in [0.717, 1.165) is 0 Å². The van der Waals surface area contributed by atoms with Crippen LogP contribution in [0, 0.1) is 0 Å². The molecule has 0 fully saturated rings. The second kappa shape index (κ2) is 6.26. The van der Waals surface area contributed by atoms with E-state index in [2.05, 4.69) is 6.58 Å². The van der Waals surface area contributed by atoms with Gasteiger partial charge in [0.25, 0.3) is 0 Å². The predicted octanol–water partition coefficient (Wildman–Crippen LogP) is 4.12. The number of para-hydroxylation sites is 1. The fraction of sp³-hybridized carbons (Fsp3) is 0.0625. The molecule has 0 saturated carbocycles. The molecule has 20 heavy (non-hydrogen) atoms. The van der Waals surface area contributed by atoms with E-state index in [1.165, 1.54) is 7.11 Å². The van der Waals surface area contributed by atoms with Gasteiger partial charge in [0.15, 0.2) is 5.76 Å². The predicted molar refractivity (Wildman–Crippen MR) is 78.5 cm³/mol. The zero-order valence-corrected chi connectivity index (χ0v) is 11.7. The van der Waals surface area contributed by atoms with Crippen LogP contribution < -0.4 is 9.47 Å². The molecule has 0 N–H and O–H groups in total. The van der Waals surface area contributed by atoms with E-state index in [1.54, 1.807) is 48.5 Å². The quantitative estimate of drug-likeness (QED) is 0.471. The normalized spacial score (nSPS) is 9.90. The molecule has 102 valence electrons. The molecule has 0 bridgehead atoms. The number of hydrogen-bond acceptors (Lipinski definition) is 3. The van der Waals surface area contributed by atoms with E-state index in [4.69, 9.17) is 21.1 Å². The van der Waals surface area contributed by atoms with Gasteiger partial charge in [-0.2, -0.15) is 0 Å². The number of carbonyl (C=O) groups excluding carboxylic acids is 1. The van der Waals surface area contributed by atoms with E-state index in [9.17, 15) is 4.79 Å². The molecule has 0 spiro atoms. The Hall–Kier alpha value is -2.26. The van der Waals surface area contributed by atoms with Crippen molar-refractivity contribution in [3.05, 3.63) is 71.5 Å². The Morgan fingerprint density at radius 3 is 2.40 bits per heavy atom. The number of benzene rings is 2. The summed E-state index contributed by atoms with van der Waals surface area (Å²) < 4.78 is 10.6. The molecule has 3 nitrogen and oxygen atoms in total. The maximum Gasteiger partial charge on any atom is 0.231 e. The third-order valence-electron chi connectivity index (χ3n) is 2.66. The summed E-state index contributed by atoms with van der Waals surface area (Å²) >= 11 is 5.78. The molecule has 0 radical (unpaired) electrons. The zero-order chi connectivity index (χ0) is 14.5. The molecule has 2 rings (SSSR count). The van der Waals surface area contributed by atoms with Crippen LogP contribution in [0.5, 0.6) is 11.5 Å². The first-order chi connectivity index (χ1) is 9.61. The minimum absolute atomic E-state index is 0.0248. The molecule has 0 saturated heterocycles. The summed E-state index contributed by atoms with van der Waals surface area (Å²) in [6, 6.07) is 13.6. The fourth-order valence-corrected chi connectivity index (χ4v) is 1.80. The molecular formula is C16H13ClO3. The first kappa shape index (κ1) is 14.2. The van der Waals surface area contributed by atoms with Gasteiger partial charge in [-0.3, -0.25) is 4.79 Å². The van der Waals surface area contributed by atoms with Crippen LogP contribution in [0.4, 0.5) is 0 Å². The topological polar surface area (TPSA) is 35.5 Å². The number of Topliss-reactive ketones (excluding diaryl/α,β-unsaturated/α-hetero) is 1. The van der Waals surface area contributed by atoms with Gasteiger partial charge in [-0.15, -0.1) is 0 Å². The van der Waals surface area contributed by atoms with Crippen molar-refractivity contribution in [2.75, 3.05) is 7.11 Å². The smallest absolute Gasteiger partial charge is 0.231 e. The number of ketones is 1. The van der Waals surface area contributed by atoms with Crippen molar-refractivity contribution in [1.29, 1.82) is 0 Å². The lowest BCUT2D eigenvalue weighted by Crippen LogP contribution is -2.09. The summed E-state index contributed by atoms with van der Waals surface area (Å²) in [6.07, 6.45) is 0. The summed E-state index contributed by atoms with van der Waals surface area (Å²) in [7, 11) is 1.51. The van der Waals surface area contributed by atoms with E-state index in [1.807, 2.05) is 0 Å². The highest BCUT2D eigenvalue weighted by Gasteiger charge is 2.16. The van der Waals surface area contributed by atoms with Crippen LogP contribution in [0.1, 0.15) is 10.4 Å². The van der Waals surface area contributed by atoms with Gasteiger partial charge in [-0.1, -0.05) is 30.3 Å². The van der Waals surface area contributed by atoms with Crippen molar-refractivity contribution in [2.24, 2.45) is 0 Å². The first-order valence-corrected chi connectivity index (χ1v) is 6.29. The lowest BCUT2D eigenvalue weighted by atomic mass is 10.1. The number of hydrogen-bond donors (Lipinski definition) is 0. The average molecular weight is 289 g/mol. The maximum absolute atomic E-state index is 12.3. The van der Waals surface area contributed by atoms with Gasteiger partial charge in [-0.05, 0) is 36.4 Å². The summed E-state index contributed by atoms with van der Waals surface area (Å²) in [5.41, 5.74) is 0.411. The molecule has 0 atom stereocenters. The van der Waals surface area contributed by atoms with Crippen molar-refractivity contribution in [3.8, 4) is 11.5 Å². The number of allylic oxidation sites excluding steroid dienone is 1. The van der Waals surface area contributed by atoms with Crippen LogP contribution >= 0.6 is 11.6 Å². The van der Waals surface area contributed by atoms with Crippen LogP contribution in [0.2, 0.25) is 5.02 Å². The summed E-state index contributed by atoms with van der Waals surface area (Å²) in [4.78, 5) is 12.3. The van der Waals surface area contributed by atoms with Gasteiger partial charge in [-0.25, -0.2) is 0 Å². The SMILES string of the molecule is C=C(Oc1ccc(Cl)cc1)C(=O)c1ccccc1OC. The van der Waals surface area contributed by atoms with Gasteiger partial charge in [0.05, 0.1) is 12.7 Å². The Bertz CT molecular complexity index is 632. The maximum atomic E-state index is 12.3. The fourth-order valence-electron chi connectivity index (χ4n) is 1.67. The highest BCUT2D eigenvalue weighted by atomic mass is 35.5. The van der Waals surface area contributed by atoms with Crippen molar-refractivity contribution in [3.63, 3.8) is 0 Å². The minimum atomic E-state index is -0.322. The van der Waals surface area contributed by atoms with Crippen molar-refractivity contribution >= 4 is 17.4 Å². The number of halogens is 1. The number of ether oxygens (including phenoxy) is 2. The molecule has 0 heterocycles. The minimum Gasteiger partial charge on any atom is -0.496 e. The Morgan fingerprint density at radius 2 is 1.75 bits per heavy atom. The zero-order valence-electron chi connectivity index (χ0n) is 10.9. The van der Waals surface area contributed by atoms with E-state index < -0.39 is 0 Å². The summed E-state index contributed by atoms with van der Waals surface area (Å²) in [5, 5.41) is 0.596. The van der Waals surface area contributed by atoms with Crippen molar-refractivity contribution in [1.82, 2.24) is 0 Å². The molecule has 2 aromatic carbocycles. The lowest BCUT2D eigenvalue weighted by Gasteiger charge is -2.10.